The van der Waals surface area contributed by atoms with Gasteiger partial charge in [0.1, 0.15) is 18.0 Å². The summed E-state index contributed by atoms with van der Waals surface area (Å²) in [6.07, 6.45) is 0.204. The average molecular weight is 205 g/mol. The van der Waals surface area contributed by atoms with Crippen LogP contribution in [0.3, 0.4) is 0 Å². The SMILES string of the molecule is CC(C)OCc1cc2c(N)cccc2o1. The van der Waals surface area contributed by atoms with Gasteiger partial charge in [-0.3, -0.25) is 0 Å². The Morgan fingerprint density at radius 2 is 2.20 bits per heavy atom. The van der Waals surface area contributed by atoms with Gasteiger partial charge in [-0.1, -0.05) is 6.07 Å². The minimum absolute atomic E-state index is 0.204. The molecule has 0 spiro atoms. The van der Waals surface area contributed by atoms with Crippen molar-refractivity contribution in [3.63, 3.8) is 0 Å². The van der Waals surface area contributed by atoms with E-state index in [-0.39, 0.29) is 6.10 Å². The molecule has 3 heteroatoms. The molecule has 0 saturated heterocycles. The molecule has 0 radical (unpaired) electrons. The van der Waals surface area contributed by atoms with Crippen LogP contribution in [0, 0.1) is 0 Å². The third kappa shape index (κ3) is 2.13. The summed E-state index contributed by atoms with van der Waals surface area (Å²) < 4.78 is 11.1. The van der Waals surface area contributed by atoms with E-state index in [0.29, 0.717) is 6.61 Å². The van der Waals surface area contributed by atoms with Crippen LogP contribution in [0.2, 0.25) is 0 Å². The van der Waals surface area contributed by atoms with Crippen LogP contribution < -0.4 is 5.73 Å². The fourth-order valence-corrected chi connectivity index (χ4v) is 1.46. The van der Waals surface area contributed by atoms with Crippen molar-refractivity contribution in [3.05, 3.63) is 30.0 Å². The minimum Gasteiger partial charge on any atom is -0.459 e. The number of benzene rings is 1. The van der Waals surface area contributed by atoms with E-state index in [1.54, 1.807) is 0 Å². The van der Waals surface area contributed by atoms with Crippen LogP contribution >= 0.6 is 0 Å². The van der Waals surface area contributed by atoms with Crippen molar-refractivity contribution >= 4 is 16.7 Å². The second-order valence-electron chi connectivity index (χ2n) is 3.83. The fraction of sp³-hybridized carbons (Fsp3) is 0.333. The first-order valence-corrected chi connectivity index (χ1v) is 5.05. The lowest BCUT2D eigenvalue weighted by atomic mass is 10.2. The highest BCUT2D eigenvalue weighted by Crippen LogP contribution is 2.25. The Morgan fingerprint density at radius 3 is 2.87 bits per heavy atom. The molecule has 1 aromatic heterocycles. The van der Waals surface area contributed by atoms with Crippen LogP contribution in [-0.2, 0) is 11.3 Å². The van der Waals surface area contributed by atoms with Gasteiger partial charge in [0, 0.05) is 11.1 Å². The monoisotopic (exact) mass is 205 g/mol. The predicted molar refractivity (Wildman–Crippen MR) is 60.6 cm³/mol. The zero-order chi connectivity index (χ0) is 10.8. The van der Waals surface area contributed by atoms with Gasteiger partial charge >= 0.3 is 0 Å². The highest BCUT2D eigenvalue weighted by Gasteiger charge is 2.06. The number of nitrogen functional groups attached to an aromatic ring is 1. The molecule has 3 nitrogen and oxygen atoms in total. The summed E-state index contributed by atoms with van der Waals surface area (Å²) >= 11 is 0. The Bertz CT molecular complexity index is 460. The molecule has 0 aliphatic heterocycles. The topological polar surface area (TPSA) is 48.4 Å². The number of rotatable bonds is 3. The first-order chi connectivity index (χ1) is 7.16. The van der Waals surface area contributed by atoms with Crippen molar-refractivity contribution < 1.29 is 9.15 Å². The van der Waals surface area contributed by atoms with E-state index in [1.165, 1.54) is 0 Å². The van der Waals surface area contributed by atoms with E-state index in [9.17, 15) is 0 Å². The van der Waals surface area contributed by atoms with E-state index < -0.39 is 0 Å². The number of hydrogen-bond acceptors (Lipinski definition) is 3. The molecule has 0 bridgehead atoms. The molecule has 0 saturated carbocycles. The number of hydrogen-bond donors (Lipinski definition) is 1. The van der Waals surface area contributed by atoms with Crippen molar-refractivity contribution in [2.45, 2.75) is 26.6 Å². The minimum atomic E-state index is 0.204. The van der Waals surface area contributed by atoms with E-state index in [0.717, 1.165) is 22.4 Å². The van der Waals surface area contributed by atoms with E-state index in [1.807, 2.05) is 38.1 Å². The molecule has 1 heterocycles. The van der Waals surface area contributed by atoms with Crippen LogP contribution in [0.25, 0.3) is 11.0 Å². The fourth-order valence-electron chi connectivity index (χ4n) is 1.46. The molecule has 2 aromatic rings. The summed E-state index contributed by atoms with van der Waals surface area (Å²) in [5.74, 6) is 0.816. The molecule has 0 atom stereocenters. The summed E-state index contributed by atoms with van der Waals surface area (Å²) in [6, 6.07) is 7.59. The largest absolute Gasteiger partial charge is 0.459 e. The summed E-state index contributed by atoms with van der Waals surface area (Å²) in [5, 5.41) is 0.958. The van der Waals surface area contributed by atoms with Crippen LogP contribution in [0.5, 0.6) is 0 Å². The Labute approximate surface area is 88.8 Å². The number of furan rings is 1. The van der Waals surface area contributed by atoms with Gasteiger partial charge in [0.25, 0.3) is 0 Å². The quantitative estimate of drug-likeness (QED) is 0.784. The van der Waals surface area contributed by atoms with E-state index in [2.05, 4.69) is 0 Å². The number of nitrogens with two attached hydrogens (primary N) is 1. The first-order valence-electron chi connectivity index (χ1n) is 5.05. The normalized spacial score (nSPS) is 11.4. The summed E-state index contributed by atoms with van der Waals surface area (Å²) in [6.45, 7) is 4.49. The number of fused-ring (bicyclic) bond motifs is 1. The van der Waals surface area contributed by atoms with Gasteiger partial charge in [0.2, 0.25) is 0 Å². The molecule has 15 heavy (non-hydrogen) atoms. The average Bonchev–Trinajstić information content (AvgIpc) is 2.59. The molecule has 0 aliphatic carbocycles. The molecule has 0 aliphatic rings. The Kier molecular flexibility index (Phi) is 2.64. The van der Waals surface area contributed by atoms with Gasteiger partial charge in [-0.2, -0.15) is 0 Å². The van der Waals surface area contributed by atoms with Crippen LogP contribution in [-0.4, -0.2) is 6.10 Å². The third-order valence-electron chi connectivity index (χ3n) is 2.21. The molecule has 0 unspecified atom stereocenters. The van der Waals surface area contributed by atoms with Crippen molar-refractivity contribution in [2.24, 2.45) is 0 Å². The molecule has 2 N–H and O–H groups in total. The number of anilines is 1. The Morgan fingerprint density at radius 1 is 1.40 bits per heavy atom. The lowest BCUT2D eigenvalue weighted by Crippen LogP contribution is -2.01. The lowest BCUT2D eigenvalue weighted by Gasteiger charge is -2.03. The highest BCUT2D eigenvalue weighted by molar-refractivity contribution is 5.89. The van der Waals surface area contributed by atoms with Crippen molar-refractivity contribution in [1.82, 2.24) is 0 Å². The Balaban J connectivity index is 2.27. The maximum Gasteiger partial charge on any atom is 0.136 e. The predicted octanol–water partition coefficient (Wildman–Crippen LogP) is 2.94. The second-order valence-corrected chi connectivity index (χ2v) is 3.83. The summed E-state index contributed by atoms with van der Waals surface area (Å²) in [5.41, 5.74) is 7.38. The van der Waals surface area contributed by atoms with Crippen molar-refractivity contribution in [2.75, 3.05) is 5.73 Å². The summed E-state index contributed by atoms with van der Waals surface area (Å²) in [7, 11) is 0. The molecular weight excluding hydrogens is 190 g/mol. The number of ether oxygens (including phenoxy) is 1. The highest BCUT2D eigenvalue weighted by atomic mass is 16.5. The van der Waals surface area contributed by atoms with E-state index >= 15 is 0 Å². The van der Waals surface area contributed by atoms with Gasteiger partial charge in [-0.05, 0) is 32.0 Å². The molecule has 1 aromatic carbocycles. The van der Waals surface area contributed by atoms with Crippen LogP contribution in [0.4, 0.5) is 5.69 Å². The van der Waals surface area contributed by atoms with E-state index in [4.69, 9.17) is 14.9 Å². The first kappa shape index (κ1) is 10.1. The third-order valence-corrected chi connectivity index (χ3v) is 2.21. The molecule has 0 fully saturated rings. The molecule has 2 rings (SSSR count). The molecule has 80 valence electrons. The second kappa shape index (κ2) is 3.95. The summed E-state index contributed by atoms with van der Waals surface area (Å²) in [4.78, 5) is 0. The van der Waals surface area contributed by atoms with Gasteiger partial charge < -0.3 is 14.9 Å². The van der Waals surface area contributed by atoms with Crippen molar-refractivity contribution in [3.8, 4) is 0 Å². The lowest BCUT2D eigenvalue weighted by molar-refractivity contribution is 0.0553. The van der Waals surface area contributed by atoms with Crippen molar-refractivity contribution in [1.29, 1.82) is 0 Å². The Hall–Kier alpha value is -1.48. The van der Waals surface area contributed by atoms with Crippen LogP contribution in [0.1, 0.15) is 19.6 Å². The molecule has 0 amide bonds. The zero-order valence-corrected chi connectivity index (χ0v) is 8.99. The maximum atomic E-state index is 5.82. The van der Waals surface area contributed by atoms with Gasteiger partial charge in [-0.25, -0.2) is 0 Å². The zero-order valence-electron chi connectivity index (χ0n) is 8.99. The maximum absolute atomic E-state index is 5.82. The van der Waals surface area contributed by atoms with Gasteiger partial charge in [0.05, 0.1) is 6.10 Å². The standard InChI is InChI=1S/C12H15NO2/c1-8(2)14-7-9-6-10-11(13)4-3-5-12(10)15-9/h3-6,8H,7,13H2,1-2H3. The van der Waals surface area contributed by atoms with Gasteiger partial charge in [0.15, 0.2) is 0 Å². The smallest absolute Gasteiger partial charge is 0.136 e. The van der Waals surface area contributed by atoms with Gasteiger partial charge in [-0.15, -0.1) is 0 Å². The molecular formula is C12H15NO2. The van der Waals surface area contributed by atoms with Crippen LogP contribution in [0.15, 0.2) is 28.7 Å².